The SMILES string of the molecule is CC1(C)CC[C@]2(C(=O)OCc3ccccc3)CC[C@]3(C)C(=CC[C@@H]4[C@@]5(C)CC[C@H](O[C@@H]6O[C@H](CO)[C@@H](O[C@@H]7OC[C@@H](O)[C@@H](O)[C@@H]7O)[C@H](O)[C@H]6O[C@@H]6OC[C@@H](O)[C@@H](O)[C@@H]6O)C(C)(C)[C@@H]5CC[C@]43C)[C@@H]2C1. The fraction of sp³-hybridized carbons (Fsp3) is 0.830. The number of fused-ring (bicyclic) bond motifs is 7. The van der Waals surface area contributed by atoms with E-state index < -0.39 is 103 Å². The van der Waals surface area contributed by atoms with E-state index in [4.69, 9.17) is 33.2 Å². The molecule has 3 saturated heterocycles. The minimum Gasteiger partial charge on any atom is -0.460 e. The second kappa shape index (κ2) is 19.0. The van der Waals surface area contributed by atoms with Gasteiger partial charge in [-0.05, 0) is 115 Å². The van der Waals surface area contributed by atoms with Crippen LogP contribution < -0.4 is 0 Å². The van der Waals surface area contributed by atoms with E-state index in [1.165, 1.54) is 5.57 Å². The van der Waals surface area contributed by atoms with Crippen LogP contribution in [-0.4, -0.2) is 153 Å². The summed E-state index contributed by atoms with van der Waals surface area (Å²) in [7, 11) is 0. The highest BCUT2D eigenvalue weighted by molar-refractivity contribution is 5.79. The molecule has 1 aromatic rings. The van der Waals surface area contributed by atoms with Gasteiger partial charge < -0.3 is 74.0 Å². The number of carbonyl (C=O) groups is 1. The van der Waals surface area contributed by atoms with Gasteiger partial charge in [0, 0.05) is 0 Å². The summed E-state index contributed by atoms with van der Waals surface area (Å²) in [6.07, 6.45) is -8.75. The summed E-state index contributed by atoms with van der Waals surface area (Å²) >= 11 is 0. The zero-order chi connectivity index (χ0) is 49.6. The van der Waals surface area contributed by atoms with Crippen molar-refractivity contribution in [3.05, 3.63) is 47.5 Å². The lowest BCUT2D eigenvalue weighted by molar-refractivity contribution is -0.387. The molecule has 9 rings (SSSR count). The van der Waals surface area contributed by atoms with Crippen LogP contribution in [0.25, 0.3) is 0 Å². The zero-order valence-corrected chi connectivity index (χ0v) is 41.5. The average Bonchev–Trinajstić information content (AvgIpc) is 3.31. The molecule has 21 atom stereocenters. The van der Waals surface area contributed by atoms with Crippen LogP contribution in [0.3, 0.4) is 0 Å². The molecular formula is C53H80O16. The van der Waals surface area contributed by atoms with E-state index in [9.17, 15) is 45.6 Å². The van der Waals surface area contributed by atoms with Gasteiger partial charge in [-0.25, -0.2) is 0 Å². The highest BCUT2D eigenvalue weighted by Gasteiger charge is 2.70. The summed E-state index contributed by atoms with van der Waals surface area (Å²) in [4.78, 5) is 14.5. The molecular weight excluding hydrogens is 893 g/mol. The van der Waals surface area contributed by atoms with Gasteiger partial charge in [-0.2, -0.15) is 0 Å². The van der Waals surface area contributed by atoms with Crippen LogP contribution in [0, 0.1) is 50.2 Å². The number of benzene rings is 1. The molecule has 1 aromatic carbocycles. The van der Waals surface area contributed by atoms with Crippen molar-refractivity contribution in [1.82, 2.24) is 0 Å². The number of aliphatic hydroxyl groups is 8. The maximum atomic E-state index is 14.5. The standard InChI is InChI=1S/C53H80O16/c1-48(2)19-21-53(47(62)65-25-28-11-9-8-10-12-28)22-20-51(6)29(30(53)23-48)13-14-35-50(5)17-16-36(49(3,4)34(50)15-18-52(35,51)7)67-46-43(69-45-40(60)38(58)32(56)27-64-45)41(61)42(33(24-54)66-46)68-44-39(59)37(57)31(55)26-63-44/h8-13,30-46,54-61H,14-27H2,1-7H3/t30-,31+,32+,33+,34-,35+,36-,37+,38+,39-,40-,41-,42+,43+,44-,45-,46-,50-,51+,52+,53-/m0/s1. The van der Waals surface area contributed by atoms with E-state index >= 15 is 0 Å². The first kappa shape index (κ1) is 51.8. The maximum Gasteiger partial charge on any atom is 0.313 e. The molecule has 0 aromatic heterocycles. The zero-order valence-electron chi connectivity index (χ0n) is 41.5. The molecule has 69 heavy (non-hydrogen) atoms. The summed E-state index contributed by atoms with van der Waals surface area (Å²) in [6.45, 7) is 15.5. The van der Waals surface area contributed by atoms with Crippen molar-refractivity contribution < 1.29 is 78.8 Å². The van der Waals surface area contributed by atoms with E-state index in [0.29, 0.717) is 12.3 Å². The summed E-state index contributed by atoms with van der Waals surface area (Å²) in [6, 6.07) is 9.94. The Labute approximate surface area is 406 Å². The Balaban J connectivity index is 0.966. The predicted octanol–water partition coefficient (Wildman–Crippen LogP) is 3.64. The van der Waals surface area contributed by atoms with Crippen LogP contribution in [0.4, 0.5) is 0 Å². The third-order valence-corrected chi connectivity index (χ3v) is 19.8. The minimum absolute atomic E-state index is 0.0462. The molecule has 3 heterocycles. The number of hydrogen-bond acceptors (Lipinski definition) is 16. The number of ether oxygens (including phenoxy) is 7. The van der Waals surface area contributed by atoms with Crippen molar-refractivity contribution in [3.8, 4) is 0 Å². The van der Waals surface area contributed by atoms with Gasteiger partial charge in [0.25, 0.3) is 0 Å². The number of carbonyl (C=O) groups excluding carboxylic acids is 1. The van der Waals surface area contributed by atoms with Crippen molar-refractivity contribution in [2.24, 2.45) is 50.2 Å². The van der Waals surface area contributed by atoms with Crippen LogP contribution in [0.5, 0.6) is 0 Å². The smallest absolute Gasteiger partial charge is 0.313 e. The molecule has 4 saturated carbocycles. The molecule has 0 bridgehead atoms. The van der Waals surface area contributed by atoms with Crippen LogP contribution in [0.2, 0.25) is 0 Å². The second-order valence-corrected chi connectivity index (χ2v) is 24.3. The molecule has 388 valence electrons. The Hall–Kier alpha value is -2.13. The number of aliphatic hydroxyl groups excluding tert-OH is 8. The Bertz CT molecular complexity index is 2020. The molecule has 8 N–H and O–H groups in total. The van der Waals surface area contributed by atoms with Gasteiger partial charge in [-0.3, -0.25) is 4.79 Å². The minimum atomic E-state index is -1.72. The molecule has 5 aliphatic carbocycles. The monoisotopic (exact) mass is 973 g/mol. The molecule has 16 heteroatoms. The maximum absolute atomic E-state index is 14.5. The van der Waals surface area contributed by atoms with E-state index in [1.54, 1.807) is 0 Å². The lowest BCUT2D eigenvalue weighted by Gasteiger charge is -2.71. The largest absolute Gasteiger partial charge is 0.460 e. The fourth-order valence-electron chi connectivity index (χ4n) is 15.4. The normalized spacial score (nSPS) is 49.3. The third kappa shape index (κ3) is 8.69. The molecule has 0 amide bonds. The molecule has 0 unspecified atom stereocenters. The first-order valence-corrected chi connectivity index (χ1v) is 25.7. The second-order valence-electron chi connectivity index (χ2n) is 24.3. The molecule has 16 nitrogen and oxygen atoms in total. The highest BCUT2D eigenvalue weighted by Crippen LogP contribution is 2.76. The van der Waals surface area contributed by atoms with E-state index in [-0.39, 0.29) is 59.3 Å². The highest BCUT2D eigenvalue weighted by atomic mass is 16.8. The first-order valence-electron chi connectivity index (χ1n) is 25.7. The van der Waals surface area contributed by atoms with Gasteiger partial charge in [-0.15, -0.1) is 0 Å². The molecule has 3 aliphatic heterocycles. The quantitative estimate of drug-likeness (QED) is 0.0948. The van der Waals surface area contributed by atoms with Crippen LogP contribution in [0.1, 0.15) is 118 Å². The molecule has 7 fully saturated rings. The van der Waals surface area contributed by atoms with Gasteiger partial charge in [-0.1, -0.05) is 90.4 Å². The van der Waals surface area contributed by atoms with E-state index in [1.807, 2.05) is 30.3 Å². The number of rotatable bonds is 10. The van der Waals surface area contributed by atoms with Crippen molar-refractivity contribution in [2.45, 2.75) is 205 Å². The van der Waals surface area contributed by atoms with E-state index in [0.717, 1.165) is 63.4 Å². The molecule has 0 spiro atoms. The Morgan fingerprint density at radius 3 is 1.94 bits per heavy atom. The first-order chi connectivity index (χ1) is 32.5. The summed E-state index contributed by atoms with van der Waals surface area (Å²) in [5.74, 6) is 0.601. The Morgan fingerprint density at radius 1 is 0.681 bits per heavy atom. The number of hydrogen-bond donors (Lipinski definition) is 8. The number of allylic oxidation sites excluding steroid dienone is 2. The van der Waals surface area contributed by atoms with Gasteiger partial charge in [0.1, 0.15) is 67.6 Å². The van der Waals surface area contributed by atoms with E-state index in [2.05, 4.69) is 54.5 Å². The van der Waals surface area contributed by atoms with Gasteiger partial charge >= 0.3 is 5.97 Å². The lowest BCUT2D eigenvalue weighted by atomic mass is 9.33. The summed E-state index contributed by atoms with van der Waals surface area (Å²) in [5.41, 5.74) is 1.29. The molecule has 0 radical (unpaired) electrons. The van der Waals surface area contributed by atoms with Crippen molar-refractivity contribution in [2.75, 3.05) is 19.8 Å². The Morgan fingerprint density at radius 2 is 1.30 bits per heavy atom. The Kier molecular flexibility index (Phi) is 14.2. The predicted molar refractivity (Wildman–Crippen MR) is 247 cm³/mol. The van der Waals surface area contributed by atoms with Crippen LogP contribution in [0.15, 0.2) is 42.0 Å². The summed E-state index contributed by atoms with van der Waals surface area (Å²) < 4.78 is 42.9. The van der Waals surface area contributed by atoms with Crippen LogP contribution in [-0.2, 0) is 44.6 Å². The van der Waals surface area contributed by atoms with Crippen molar-refractivity contribution in [3.63, 3.8) is 0 Å². The number of esters is 1. The molecule has 8 aliphatic rings. The lowest BCUT2D eigenvalue weighted by Crippen LogP contribution is -2.67. The fourth-order valence-corrected chi connectivity index (χ4v) is 15.4. The van der Waals surface area contributed by atoms with Crippen LogP contribution >= 0.6 is 0 Å². The van der Waals surface area contributed by atoms with Gasteiger partial charge in [0.2, 0.25) is 0 Å². The van der Waals surface area contributed by atoms with Crippen molar-refractivity contribution in [1.29, 1.82) is 0 Å². The third-order valence-electron chi connectivity index (χ3n) is 19.8. The van der Waals surface area contributed by atoms with Crippen molar-refractivity contribution >= 4 is 5.97 Å². The van der Waals surface area contributed by atoms with Gasteiger partial charge in [0.15, 0.2) is 18.9 Å². The summed E-state index contributed by atoms with van der Waals surface area (Å²) in [5, 5.41) is 85.6. The van der Waals surface area contributed by atoms with Gasteiger partial charge in [0.05, 0.1) is 31.3 Å². The topological polar surface area (TPSA) is 244 Å². The average molecular weight is 973 g/mol.